The summed E-state index contributed by atoms with van der Waals surface area (Å²) in [6.45, 7) is 11.9. The van der Waals surface area contributed by atoms with Crippen LogP contribution in [0.3, 0.4) is 0 Å². The zero-order valence-electron chi connectivity index (χ0n) is 15.7. The molecule has 24 heavy (non-hydrogen) atoms. The maximum Gasteiger partial charge on any atom is 0.191 e. The maximum atomic E-state index is 4.30. The molecule has 0 amide bonds. The third kappa shape index (κ3) is 10.1. The van der Waals surface area contributed by atoms with Gasteiger partial charge in [-0.3, -0.25) is 9.67 Å². The summed E-state index contributed by atoms with van der Waals surface area (Å²) >= 11 is 0. The van der Waals surface area contributed by atoms with Crippen LogP contribution >= 0.6 is 24.0 Å². The number of guanidine groups is 1. The van der Waals surface area contributed by atoms with Crippen LogP contribution in [0.4, 0.5) is 0 Å². The molecule has 2 N–H and O–H groups in total. The SMILES string of the molecule is CCN(CC)CCCC(C)NC(=NC)NCCCn1cccn1.I. The Bertz CT molecular complexity index is 417. The molecule has 0 spiro atoms. The molecule has 140 valence electrons. The van der Waals surface area contributed by atoms with Crippen LogP contribution in [-0.2, 0) is 6.54 Å². The summed E-state index contributed by atoms with van der Waals surface area (Å²) in [6.07, 6.45) is 7.20. The predicted octanol–water partition coefficient (Wildman–Crippen LogP) is 2.57. The fraction of sp³-hybridized carbons (Fsp3) is 0.765. The van der Waals surface area contributed by atoms with E-state index in [4.69, 9.17) is 0 Å². The molecule has 1 aromatic heterocycles. The van der Waals surface area contributed by atoms with Gasteiger partial charge in [0.2, 0.25) is 0 Å². The maximum absolute atomic E-state index is 4.30. The van der Waals surface area contributed by atoms with Gasteiger partial charge in [-0.15, -0.1) is 24.0 Å². The van der Waals surface area contributed by atoms with E-state index in [1.165, 1.54) is 13.0 Å². The third-order valence-electron chi connectivity index (χ3n) is 4.03. The van der Waals surface area contributed by atoms with Crippen molar-refractivity contribution in [1.82, 2.24) is 25.3 Å². The molecule has 0 saturated heterocycles. The number of aryl methyl sites for hydroxylation is 1. The topological polar surface area (TPSA) is 57.5 Å². The first kappa shape index (κ1) is 23.2. The van der Waals surface area contributed by atoms with Crippen LogP contribution < -0.4 is 10.6 Å². The standard InChI is InChI=1S/C17H34N6.HI/c1-5-22(6-2)13-7-10-16(3)21-17(18-4)19-11-8-14-23-15-9-12-20-23;/h9,12,15-16H,5-8,10-11,13-14H2,1-4H3,(H2,18,19,21);1H. The van der Waals surface area contributed by atoms with Gasteiger partial charge < -0.3 is 15.5 Å². The second kappa shape index (κ2) is 14.5. The summed E-state index contributed by atoms with van der Waals surface area (Å²) in [5.74, 6) is 0.890. The smallest absolute Gasteiger partial charge is 0.191 e. The minimum atomic E-state index is 0. The van der Waals surface area contributed by atoms with Crippen LogP contribution in [-0.4, -0.2) is 59.9 Å². The van der Waals surface area contributed by atoms with Crippen molar-refractivity contribution in [3.05, 3.63) is 18.5 Å². The Kier molecular flexibility index (Phi) is 14.0. The Balaban J connectivity index is 0.00000529. The molecule has 0 aromatic carbocycles. The molecule has 6 nitrogen and oxygen atoms in total. The predicted molar refractivity (Wildman–Crippen MR) is 113 cm³/mol. The van der Waals surface area contributed by atoms with E-state index in [1.807, 2.05) is 30.2 Å². The number of rotatable bonds is 11. The first-order valence-corrected chi connectivity index (χ1v) is 8.86. The van der Waals surface area contributed by atoms with Crippen LogP contribution in [0.5, 0.6) is 0 Å². The van der Waals surface area contributed by atoms with E-state index in [-0.39, 0.29) is 24.0 Å². The lowest BCUT2D eigenvalue weighted by molar-refractivity contribution is 0.292. The van der Waals surface area contributed by atoms with Gasteiger partial charge in [0, 0.05) is 38.6 Å². The van der Waals surface area contributed by atoms with E-state index in [1.54, 1.807) is 0 Å². The number of halogens is 1. The van der Waals surface area contributed by atoms with Crippen LogP contribution in [0.15, 0.2) is 23.5 Å². The number of hydrogen-bond acceptors (Lipinski definition) is 3. The Labute approximate surface area is 164 Å². The number of nitrogens with zero attached hydrogens (tertiary/aromatic N) is 4. The number of aromatic nitrogens is 2. The van der Waals surface area contributed by atoms with E-state index in [2.05, 4.69) is 46.4 Å². The lowest BCUT2D eigenvalue weighted by Crippen LogP contribution is -2.43. The van der Waals surface area contributed by atoms with E-state index in [0.29, 0.717) is 6.04 Å². The lowest BCUT2D eigenvalue weighted by atomic mass is 10.2. The van der Waals surface area contributed by atoms with Crippen molar-refractivity contribution in [2.45, 2.75) is 52.6 Å². The van der Waals surface area contributed by atoms with Crippen molar-refractivity contribution in [3.63, 3.8) is 0 Å². The van der Waals surface area contributed by atoms with Gasteiger partial charge in [0.25, 0.3) is 0 Å². The van der Waals surface area contributed by atoms with E-state index < -0.39 is 0 Å². The molecular formula is C17H35IN6. The van der Waals surface area contributed by atoms with Gasteiger partial charge in [-0.1, -0.05) is 13.8 Å². The highest BCUT2D eigenvalue weighted by Gasteiger charge is 2.06. The van der Waals surface area contributed by atoms with Crippen molar-refractivity contribution in [1.29, 1.82) is 0 Å². The Morgan fingerprint density at radius 2 is 2.04 bits per heavy atom. The zero-order valence-corrected chi connectivity index (χ0v) is 18.0. The first-order chi connectivity index (χ1) is 11.2. The number of nitrogens with one attached hydrogen (secondary N) is 2. The highest BCUT2D eigenvalue weighted by Crippen LogP contribution is 1.99. The summed E-state index contributed by atoms with van der Waals surface area (Å²) in [7, 11) is 1.82. The molecule has 1 aromatic rings. The molecule has 0 bridgehead atoms. The van der Waals surface area contributed by atoms with Crippen molar-refractivity contribution in [2.75, 3.05) is 33.2 Å². The molecule has 7 heteroatoms. The monoisotopic (exact) mass is 450 g/mol. The molecule has 1 atom stereocenters. The van der Waals surface area contributed by atoms with Crippen molar-refractivity contribution in [2.24, 2.45) is 4.99 Å². The fourth-order valence-electron chi connectivity index (χ4n) is 2.54. The molecule has 1 heterocycles. The highest BCUT2D eigenvalue weighted by molar-refractivity contribution is 14.0. The average molecular weight is 450 g/mol. The van der Waals surface area contributed by atoms with E-state index in [0.717, 1.165) is 45.0 Å². The Hall–Kier alpha value is -0.830. The van der Waals surface area contributed by atoms with Crippen LogP contribution in [0.2, 0.25) is 0 Å². The summed E-state index contributed by atoms with van der Waals surface area (Å²) in [5, 5.41) is 11.0. The van der Waals surface area contributed by atoms with Crippen LogP contribution in [0.25, 0.3) is 0 Å². The van der Waals surface area contributed by atoms with E-state index >= 15 is 0 Å². The second-order valence-corrected chi connectivity index (χ2v) is 5.84. The average Bonchev–Trinajstić information content (AvgIpc) is 3.07. The third-order valence-corrected chi connectivity index (χ3v) is 4.03. The summed E-state index contributed by atoms with van der Waals surface area (Å²) < 4.78 is 1.95. The van der Waals surface area contributed by atoms with Crippen LogP contribution in [0, 0.1) is 0 Å². The van der Waals surface area contributed by atoms with Gasteiger partial charge in [0.05, 0.1) is 0 Å². The first-order valence-electron chi connectivity index (χ1n) is 8.86. The Morgan fingerprint density at radius 3 is 2.62 bits per heavy atom. The summed E-state index contributed by atoms with van der Waals surface area (Å²) in [5.41, 5.74) is 0. The van der Waals surface area contributed by atoms with E-state index in [9.17, 15) is 0 Å². The van der Waals surface area contributed by atoms with Gasteiger partial charge in [0.1, 0.15) is 0 Å². The molecule has 0 fully saturated rings. The van der Waals surface area contributed by atoms with Gasteiger partial charge in [0.15, 0.2) is 5.96 Å². The number of aliphatic imine (C=N–C) groups is 1. The molecule has 0 aliphatic heterocycles. The summed E-state index contributed by atoms with van der Waals surface area (Å²) in [6, 6.07) is 2.39. The molecule has 1 unspecified atom stereocenters. The molecular weight excluding hydrogens is 415 g/mol. The van der Waals surface area contributed by atoms with Crippen LogP contribution in [0.1, 0.15) is 40.0 Å². The second-order valence-electron chi connectivity index (χ2n) is 5.84. The van der Waals surface area contributed by atoms with Gasteiger partial charge in [-0.2, -0.15) is 5.10 Å². The zero-order chi connectivity index (χ0) is 16.9. The summed E-state index contributed by atoms with van der Waals surface area (Å²) in [4.78, 5) is 6.77. The largest absolute Gasteiger partial charge is 0.356 e. The van der Waals surface area contributed by atoms with Crippen molar-refractivity contribution < 1.29 is 0 Å². The molecule has 0 aliphatic carbocycles. The van der Waals surface area contributed by atoms with Gasteiger partial charge >= 0.3 is 0 Å². The quantitative estimate of drug-likeness (QED) is 0.236. The normalized spacial score (nSPS) is 12.8. The lowest BCUT2D eigenvalue weighted by Gasteiger charge is -2.21. The Morgan fingerprint density at radius 1 is 1.29 bits per heavy atom. The highest BCUT2D eigenvalue weighted by atomic mass is 127. The van der Waals surface area contributed by atoms with Crippen molar-refractivity contribution in [3.8, 4) is 0 Å². The minimum Gasteiger partial charge on any atom is -0.356 e. The molecule has 0 radical (unpaired) electrons. The minimum absolute atomic E-state index is 0. The number of hydrogen-bond donors (Lipinski definition) is 2. The molecule has 1 rings (SSSR count). The van der Waals surface area contributed by atoms with Gasteiger partial charge in [-0.05, 0) is 51.9 Å². The molecule has 0 saturated carbocycles. The van der Waals surface area contributed by atoms with Gasteiger partial charge in [-0.25, -0.2) is 0 Å². The van der Waals surface area contributed by atoms with Crippen molar-refractivity contribution >= 4 is 29.9 Å². The molecule has 0 aliphatic rings. The fourth-order valence-corrected chi connectivity index (χ4v) is 2.54.